The molecule has 1 amide bonds. The number of nitrogens with zero attached hydrogens (tertiary/aromatic N) is 4. The predicted octanol–water partition coefficient (Wildman–Crippen LogP) is 2.78. The first-order chi connectivity index (χ1) is 13.5. The summed E-state index contributed by atoms with van der Waals surface area (Å²) >= 11 is 0. The fourth-order valence-electron chi connectivity index (χ4n) is 4.77. The number of ether oxygens (including phenoxy) is 1. The van der Waals surface area contributed by atoms with E-state index in [-0.39, 0.29) is 11.9 Å². The number of carbonyl (C=O) groups is 1. The predicted molar refractivity (Wildman–Crippen MR) is 109 cm³/mol. The van der Waals surface area contributed by atoms with E-state index in [1.807, 2.05) is 37.7 Å². The van der Waals surface area contributed by atoms with Gasteiger partial charge in [0.2, 0.25) is 0 Å². The van der Waals surface area contributed by atoms with E-state index in [2.05, 4.69) is 27.0 Å². The molecule has 3 aliphatic rings. The number of aryl methyl sites for hydroxylation is 2. The Morgan fingerprint density at radius 2 is 1.89 bits per heavy atom. The highest BCUT2D eigenvalue weighted by Gasteiger charge is 2.38. The van der Waals surface area contributed by atoms with Crippen LogP contribution >= 0.6 is 0 Å². The topological polar surface area (TPSA) is 50.6 Å². The molecule has 0 spiro atoms. The molecule has 6 heteroatoms. The minimum Gasteiger partial charge on any atom is -0.497 e. The molecule has 0 aliphatic carbocycles. The molecule has 28 heavy (non-hydrogen) atoms. The highest BCUT2D eigenvalue weighted by molar-refractivity contribution is 5.96. The molecule has 2 bridgehead atoms. The average molecular weight is 383 g/mol. The number of amides is 1. The molecule has 0 N–H and O–H groups in total. The second-order valence-corrected chi connectivity index (χ2v) is 8.27. The zero-order valence-corrected chi connectivity index (χ0v) is 17.3. The number of methoxy groups -OCH3 is 1. The van der Waals surface area contributed by atoms with Crippen molar-refractivity contribution < 1.29 is 9.53 Å². The summed E-state index contributed by atoms with van der Waals surface area (Å²) in [5.74, 6) is 1.58. The molecule has 3 saturated heterocycles. The van der Waals surface area contributed by atoms with Gasteiger partial charge in [0.25, 0.3) is 5.91 Å². The van der Waals surface area contributed by atoms with Gasteiger partial charge in [-0.15, -0.1) is 0 Å². The lowest BCUT2D eigenvalue weighted by molar-refractivity contribution is 0.0583. The van der Waals surface area contributed by atoms with Gasteiger partial charge in [0.05, 0.1) is 18.4 Å². The first-order valence-corrected chi connectivity index (χ1v) is 10.1. The van der Waals surface area contributed by atoms with Crippen molar-refractivity contribution in [3.8, 4) is 5.75 Å². The van der Waals surface area contributed by atoms with Crippen LogP contribution < -0.4 is 4.74 Å². The van der Waals surface area contributed by atoms with Crippen LogP contribution in [0.25, 0.3) is 0 Å². The molecule has 5 rings (SSSR count). The summed E-state index contributed by atoms with van der Waals surface area (Å²) in [7, 11) is 3.60. The molecular formula is C22H30N4O2. The van der Waals surface area contributed by atoms with E-state index in [4.69, 9.17) is 4.74 Å². The molecule has 1 aromatic carbocycles. The SMILES string of the molecule is COc1ccc(CN2C[C@@H]3CC[C@H](C2)N(C(=O)c2c(C)nn(C)c2C)C3)cc1. The number of hydrogen-bond acceptors (Lipinski definition) is 4. The third-order valence-corrected chi connectivity index (χ3v) is 6.34. The third kappa shape index (κ3) is 3.53. The van der Waals surface area contributed by atoms with E-state index in [1.54, 1.807) is 7.11 Å². The van der Waals surface area contributed by atoms with Gasteiger partial charge in [0.15, 0.2) is 0 Å². The number of hydrogen-bond donors (Lipinski definition) is 0. The van der Waals surface area contributed by atoms with E-state index in [9.17, 15) is 4.79 Å². The maximum Gasteiger partial charge on any atom is 0.257 e. The first-order valence-electron chi connectivity index (χ1n) is 10.1. The molecule has 2 atom stereocenters. The zero-order valence-electron chi connectivity index (χ0n) is 17.3. The number of rotatable bonds is 4. The summed E-state index contributed by atoms with van der Waals surface area (Å²) in [6.07, 6.45) is 2.30. The molecule has 3 aliphatic heterocycles. The first kappa shape index (κ1) is 19.0. The third-order valence-electron chi connectivity index (χ3n) is 6.34. The standard InChI is InChI=1S/C22H30N4O2/c1-15-21(16(2)24(3)23-15)22(27)26-13-18-5-8-19(26)14-25(12-18)11-17-6-9-20(28-4)10-7-17/h6-7,9-10,18-19H,5,8,11-14H2,1-4H3/t18-,19+/m0/s1. The number of fused-ring (bicyclic) bond motifs is 4. The van der Waals surface area contributed by atoms with Gasteiger partial charge in [0, 0.05) is 45.0 Å². The van der Waals surface area contributed by atoms with Crippen LogP contribution in [0.3, 0.4) is 0 Å². The summed E-state index contributed by atoms with van der Waals surface area (Å²) in [5.41, 5.74) is 3.87. The van der Waals surface area contributed by atoms with Crippen molar-refractivity contribution in [3.05, 3.63) is 46.8 Å². The fraction of sp³-hybridized carbons (Fsp3) is 0.545. The summed E-state index contributed by atoms with van der Waals surface area (Å²) < 4.78 is 7.08. The smallest absolute Gasteiger partial charge is 0.257 e. The molecule has 1 aromatic heterocycles. The van der Waals surface area contributed by atoms with E-state index in [0.717, 1.165) is 55.3 Å². The Balaban J connectivity index is 1.50. The van der Waals surface area contributed by atoms with Crippen molar-refractivity contribution in [2.75, 3.05) is 26.7 Å². The summed E-state index contributed by atoms with van der Waals surface area (Å²) in [6.45, 7) is 7.69. The monoisotopic (exact) mass is 382 g/mol. The molecule has 0 unspecified atom stereocenters. The van der Waals surface area contributed by atoms with Crippen LogP contribution in [0.2, 0.25) is 0 Å². The Hall–Kier alpha value is -2.34. The zero-order chi connectivity index (χ0) is 19.8. The van der Waals surface area contributed by atoms with Crippen LogP contribution in [0.4, 0.5) is 0 Å². The van der Waals surface area contributed by atoms with E-state index in [0.29, 0.717) is 5.92 Å². The number of piperidine rings is 1. The van der Waals surface area contributed by atoms with Crippen molar-refractivity contribution >= 4 is 5.91 Å². The summed E-state index contributed by atoms with van der Waals surface area (Å²) in [5, 5.41) is 4.45. The van der Waals surface area contributed by atoms with Crippen molar-refractivity contribution in [3.63, 3.8) is 0 Å². The second-order valence-electron chi connectivity index (χ2n) is 8.27. The largest absolute Gasteiger partial charge is 0.497 e. The molecule has 6 nitrogen and oxygen atoms in total. The van der Waals surface area contributed by atoms with Crippen LogP contribution in [0, 0.1) is 19.8 Å². The summed E-state index contributed by atoms with van der Waals surface area (Å²) in [6, 6.07) is 8.59. The quantitative estimate of drug-likeness (QED) is 0.816. The van der Waals surface area contributed by atoms with Gasteiger partial charge in [-0.2, -0.15) is 5.10 Å². The second kappa shape index (κ2) is 7.59. The van der Waals surface area contributed by atoms with Gasteiger partial charge >= 0.3 is 0 Å². The van der Waals surface area contributed by atoms with Crippen molar-refractivity contribution in [2.45, 2.75) is 39.3 Å². The van der Waals surface area contributed by atoms with Gasteiger partial charge in [-0.1, -0.05) is 12.1 Å². The van der Waals surface area contributed by atoms with Crippen LogP contribution in [0.1, 0.15) is 40.2 Å². The molecule has 0 saturated carbocycles. The van der Waals surface area contributed by atoms with Gasteiger partial charge in [-0.05, 0) is 50.3 Å². The van der Waals surface area contributed by atoms with Gasteiger partial charge < -0.3 is 9.64 Å². The summed E-state index contributed by atoms with van der Waals surface area (Å²) in [4.78, 5) is 18.0. The van der Waals surface area contributed by atoms with Crippen LogP contribution in [-0.4, -0.2) is 58.3 Å². The fourth-order valence-corrected chi connectivity index (χ4v) is 4.77. The molecular weight excluding hydrogens is 352 g/mol. The number of aromatic nitrogens is 2. The average Bonchev–Trinajstić information content (AvgIpc) is 2.86. The molecule has 2 aromatic rings. The highest BCUT2D eigenvalue weighted by Crippen LogP contribution is 2.31. The maximum atomic E-state index is 13.4. The lowest BCUT2D eigenvalue weighted by Crippen LogP contribution is -2.47. The van der Waals surface area contributed by atoms with Gasteiger partial charge in [-0.25, -0.2) is 0 Å². The van der Waals surface area contributed by atoms with Crippen molar-refractivity contribution in [2.24, 2.45) is 13.0 Å². The lowest BCUT2D eigenvalue weighted by atomic mass is 9.94. The van der Waals surface area contributed by atoms with Crippen LogP contribution in [0.15, 0.2) is 24.3 Å². The van der Waals surface area contributed by atoms with Crippen LogP contribution in [0.5, 0.6) is 5.75 Å². The molecule has 4 heterocycles. The minimum absolute atomic E-state index is 0.157. The Bertz CT molecular complexity index is 858. The minimum atomic E-state index is 0.157. The van der Waals surface area contributed by atoms with Crippen molar-refractivity contribution in [1.82, 2.24) is 19.6 Å². The normalized spacial score (nSPS) is 22.4. The maximum absolute atomic E-state index is 13.4. The molecule has 150 valence electrons. The highest BCUT2D eigenvalue weighted by atomic mass is 16.5. The Morgan fingerprint density at radius 3 is 2.54 bits per heavy atom. The number of carbonyl (C=O) groups excluding carboxylic acids is 1. The molecule has 3 fully saturated rings. The lowest BCUT2D eigenvalue weighted by Gasteiger charge is -2.36. The Kier molecular flexibility index (Phi) is 5.15. The van der Waals surface area contributed by atoms with E-state index >= 15 is 0 Å². The van der Waals surface area contributed by atoms with E-state index < -0.39 is 0 Å². The van der Waals surface area contributed by atoms with Crippen LogP contribution in [-0.2, 0) is 13.6 Å². The van der Waals surface area contributed by atoms with Gasteiger partial charge in [-0.3, -0.25) is 14.4 Å². The van der Waals surface area contributed by atoms with Crippen molar-refractivity contribution in [1.29, 1.82) is 0 Å². The Labute approximate surface area is 167 Å². The van der Waals surface area contributed by atoms with E-state index in [1.165, 1.54) is 12.0 Å². The Morgan fingerprint density at radius 1 is 1.14 bits per heavy atom. The molecule has 0 radical (unpaired) electrons. The number of benzene rings is 1. The van der Waals surface area contributed by atoms with Gasteiger partial charge in [0.1, 0.15) is 5.75 Å².